The first kappa shape index (κ1) is 97.7. The summed E-state index contributed by atoms with van der Waals surface area (Å²) in [6, 6.07) is -0.991. The van der Waals surface area contributed by atoms with Gasteiger partial charge >= 0.3 is 0 Å². The Morgan fingerprint density at radius 2 is 0.632 bits per heavy atom. The van der Waals surface area contributed by atoms with Crippen LogP contribution in [0.4, 0.5) is 0 Å². The minimum atomic E-state index is -1.98. The fraction of sp³-hybridized carbons (Fsp3) is 0.874. The minimum absolute atomic E-state index is 0.238. The molecule has 3 rings (SSSR count). The SMILES string of the molecule is CCCCCCC/C=C\C/C=C\C/C=C\CCCCCCCCCCCCCCCCCCCCCCCCCCCCC(=O)NC(COC1OC(CO)C(OC2OC(CO)C(OC3OC(CO)C(O)C(O)C3O)C(O)C2O)C(O)C1O)C(O)/C=C/CC/C=C/CCCCCCCCCCCCCCCC. The van der Waals surface area contributed by atoms with Crippen molar-refractivity contribution in [2.24, 2.45) is 0 Å². The van der Waals surface area contributed by atoms with Crippen molar-refractivity contribution in [2.75, 3.05) is 26.4 Å². The predicted octanol–water partition coefficient (Wildman–Crippen LogP) is 15.8. The van der Waals surface area contributed by atoms with Gasteiger partial charge in [-0.25, -0.2) is 0 Å². The second-order valence-corrected chi connectivity index (χ2v) is 31.0. The number of nitrogens with one attached hydrogen (secondary N) is 1. The molecule has 3 saturated heterocycles. The summed E-state index contributed by atoms with van der Waals surface area (Å²) in [4.78, 5) is 13.5. The maximum absolute atomic E-state index is 13.5. The van der Waals surface area contributed by atoms with Crippen molar-refractivity contribution in [1.82, 2.24) is 5.32 Å². The monoisotopic (exact) mass is 1510 g/mol. The normalized spacial score (nSPS) is 25.9. The maximum Gasteiger partial charge on any atom is 0.220 e. The number of hydrogen-bond acceptors (Lipinski definition) is 18. The van der Waals surface area contributed by atoms with E-state index >= 15 is 0 Å². The molecule has 3 fully saturated rings. The topological polar surface area (TPSA) is 307 Å². The van der Waals surface area contributed by atoms with E-state index in [4.69, 9.17) is 28.4 Å². The highest BCUT2D eigenvalue weighted by molar-refractivity contribution is 5.76. The molecule has 0 aliphatic carbocycles. The summed E-state index contributed by atoms with van der Waals surface area (Å²) in [5.74, 6) is -0.279. The number of unbranched alkanes of at least 4 members (excludes halogenated alkanes) is 46. The van der Waals surface area contributed by atoms with Crippen LogP contribution in [-0.4, -0.2) is 193 Å². The van der Waals surface area contributed by atoms with Gasteiger partial charge in [0.15, 0.2) is 18.9 Å². The number of aliphatic hydroxyl groups excluding tert-OH is 11. The fourth-order valence-electron chi connectivity index (χ4n) is 14.6. The highest BCUT2D eigenvalue weighted by atomic mass is 16.8. The molecule has 3 aliphatic heterocycles. The Bertz CT molecular complexity index is 2150. The summed E-state index contributed by atoms with van der Waals surface area (Å²) in [7, 11) is 0. The molecule has 0 aromatic rings. The summed E-state index contributed by atoms with van der Waals surface area (Å²) in [5, 5.41) is 121. The van der Waals surface area contributed by atoms with Gasteiger partial charge in [-0.15, -0.1) is 0 Å². The van der Waals surface area contributed by atoms with Crippen LogP contribution in [0.3, 0.4) is 0 Å². The molecule has 0 spiro atoms. The highest BCUT2D eigenvalue weighted by Gasteiger charge is 2.54. The summed E-state index contributed by atoms with van der Waals surface area (Å²) in [5.41, 5.74) is 0. The van der Waals surface area contributed by atoms with Crippen molar-refractivity contribution >= 4 is 5.91 Å². The Morgan fingerprint density at radius 3 is 1.01 bits per heavy atom. The molecular weight excluding hydrogens is 1350 g/mol. The Morgan fingerprint density at radius 1 is 0.340 bits per heavy atom. The van der Waals surface area contributed by atoms with Crippen molar-refractivity contribution < 1.29 is 89.4 Å². The lowest BCUT2D eigenvalue weighted by Gasteiger charge is -2.48. The Balaban J connectivity index is 1.29. The molecule has 0 radical (unpaired) electrons. The number of ether oxygens (including phenoxy) is 6. The lowest BCUT2D eigenvalue weighted by molar-refractivity contribution is -0.379. The van der Waals surface area contributed by atoms with Gasteiger partial charge in [0, 0.05) is 6.42 Å². The highest BCUT2D eigenvalue weighted by Crippen LogP contribution is 2.33. The molecule has 1 amide bonds. The number of allylic oxidation sites excluding steroid dienone is 9. The molecule has 19 heteroatoms. The van der Waals surface area contributed by atoms with Crippen molar-refractivity contribution in [3.8, 4) is 0 Å². The van der Waals surface area contributed by atoms with Crippen molar-refractivity contribution in [2.45, 2.75) is 458 Å². The summed E-state index contributed by atoms with van der Waals surface area (Å²) >= 11 is 0. The maximum atomic E-state index is 13.5. The van der Waals surface area contributed by atoms with Crippen molar-refractivity contribution in [3.05, 3.63) is 60.8 Å². The molecule has 3 aliphatic rings. The first-order valence-corrected chi connectivity index (χ1v) is 43.5. The molecule has 17 atom stereocenters. The van der Waals surface area contributed by atoms with E-state index in [1.165, 1.54) is 270 Å². The second-order valence-electron chi connectivity index (χ2n) is 31.0. The number of hydrogen-bond donors (Lipinski definition) is 12. The van der Waals surface area contributed by atoms with Gasteiger partial charge in [-0.05, 0) is 70.6 Å². The van der Waals surface area contributed by atoms with E-state index in [0.717, 1.165) is 51.4 Å². The van der Waals surface area contributed by atoms with Gasteiger partial charge in [0.05, 0.1) is 38.6 Å². The van der Waals surface area contributed by atoms with Crippen LogP contribution in [0.5, 0.6) is 0 Å². The van der Waals surface area contributed by atoms with E-state index in [1.54, 1.807) is 6.08 Å². The van der Waals surface area contributed by atoms with Gasteiger partial charge in [-0.3, -0.25) is 4.79 Å². The average Bonchev–Trinajstić information content (AvgIpc) is 0.780. The number of aliphatic hydroxyl groups is 11. The largest absolute Gasteiger partial charge is 0.394 e. The van der Waals surface area contributed by atoms with Crippen LogP contribution >= 0.6 is 0 Å². The minimum Gasteiger partial charge on any atom is -0.394 e. The van der Waals surface area contributed by atoms with Crippen LogP contribution in [-0.2, 0) is 33.2 Å². The second kappa shape index (κ2) is 67.0. The molecule has 17 unspecified atom stereocenters. The van der Waals surface area contributed by atoms with Gasteiger partial charge in [-0.2, -0.15) is 0 Å². The summed E-state index contributed by atoms with van der Waals surface area (Å²) in [6.07, 6.45) is 61.0. The molecule has 106 heavy (non-hydrogen) atoms. The summed E-state index contributed by atoms with van der Waals surface area (Å²) in [6.45, 7) is 1.75. The van der Waals surface area contributed by atoms with Crippen LogP contribution in [0, 0.1) is 0 Å². The van der Waals surface area contributed by atoms with E-state index in [9.17, 15) is 61.0 Å². The third kappa shape index (κ3) is 45.9. The third-order valence-electron chi connectivity index (χ3n) is 21.5. The number of carbonyl (C=O) groups is 1. The van der Waals surface area contributed by atoms with Crippen molar-refractivity contribution in [3.63, 3.8) is 0 Å². The van der Waals surface area contributed by atoms with Gasteiger partial charge < -0.3 is 89.9 Å². The first-order valence-electron chi connectivity index (χ1n) is 43.5. The molecule has 0 bridgehead atoms. The van der Waals surface area contributed by atoms with Crippen LogP contribution in [0.2, 0.25) is 0 Å². The molecular formula is C87H159NO18. The van der Waals surface area contributed by atoms with E-state index in [2.05, 4.69) is 67.8 Å². The smallest absolute Gasteiger partial charge is 0.220 e. The van der Waals surface area contributed by atoms with Gasteiger partial charge in [0.2, 0.25) is 5.91 Å². The molecule has 0 aromatic heterocycles. The van der Waals surface area contributed by atoms with Crippen LogP contribution in [0.1, 0.15) is 354 Å². The zero-order valence-electron chi connectivity index (χ0n) is 66.7. The molecule has 12 N–H and O–H groups in total. The quantitative estimate of drug-likeness (QED) is 0.0199. The number of carbonyl (C=O) groups excluding carboxylic acids is 1. The number of rotatable bonds is 70. The zero-order valence-corrected chi connectivity index (χ0v) is 66.7. The third-order valence-corrected chi connectivity index (χ3v) is 21.5. The molecule has 19 nitrogen and oxygen atoms in total. The van der Waals surface area contributed by atoms with Crippen LogP contribution in [0.15, 0.2) is 60.8 Å². The molecule has 3 heterocycles. The van der Waals surface area contributed by atoms with Gasteiger partial charge in [0.1, 0.15) is 73.2 Å². The molecule has 0 saturated carbocycles. The van der Waals surface area contributed by atoms with E-state index < -0.39 is 124 Å². The van der Waals surface area contributed by atoms with Gasteiger partial charge in [-0.1, -0.05) is 338 Å². The average molecular weight is 1510 g/mol. The molecule has 620 valence electrons. The molecule has 0 aromatic carbocycles. The van der Waals surface area contributed by atoms with Crippen LogP contribution in [0.25, 0.3) is 0 Å². The van der Waals surface area contributed by atoms with Gasteiger partial charge in [0.25, 0.3) is 0 Å². The summed E-state index contributed by atoms with van der Waals surface area (Å²) < 4.78 is 34.5. The van der Waals surface area contributed by atoms with Crippen molar-refractivity contribution in [1.29, 1.82) is 0 Å². The first-order chi connectivity index (χ1) is 51.8. The van der Waals surface area contributed by atoms with E-state index in [0.29, 0.717) is 12.8 Å². The lowest BCUT2D eigenvalue weighted by atomic mass is 9.96. The number of amides is 1. The standard InChI is InChI=1S/C87H159NO18/c1-3-5-7-9-11-13-15-17-19-21-23-25-26-27-28-29-30-31-32-33-34-35-36-37-38-39-40-41-42-43-44-45-47-49-51-53-55-57-59-61-63-65-75(93)88-70(71(92)64-62-60-58-56-54-52-50-48-46-24-22-20-18-16-14-12-10-8-6-4-2)69-101-85-81(99)78(96)83(73(67-90)103-85)106-87-82(100)79(97)84(74(68-91)104-87)105-86-80(98)77(95)76(94)72(66-89)102-86/h15,17,21,23,26-27,54,56,62,64,70-74,76-87,89-92,94-100H,3-14,16,18-20,22,24-25,28-53,55,57-61,63,65-69H2,1-2H3,(H,88,93)/b17-15-,23-21-,27-26-,56-54+,64-62+. The Hall–Kier alpha value is -2.51. The predicted molar refractivity (Wildman–Crippen MR) is 425 cm³/mol. The van der Waals surface area contributed by atoms with E-state index in [-0.39, 0.29) is 18.9 Å². The lowest BCUT2D eigenvalue weighted by Crippen LogP contribution is -2.66. The zero-order chi connectivity index (χ0) is 76.7. The Labute approximate surface area is 643 Å². The van der Waals surface area contributed by atoms with E-state index in [1.807, 2.05) is 6.08 Å². The Kier molecular flexibility index (Phi) is 61.8. The van der Waals surface area contributed by atoms with Crippen LogP contribution < -0.4 is 5.32 Å². The fourth-order valence-corrected chi connectivity index (χ4v) is 14.6.